The summed E-state index contributed by atoms with van der Waals surface area (Å²) >= 11 is 15.8. The molecule has 0 aliphatic rings. The van der Waals surface area contributed by atoms with Crippen LogP contribution in [0.25, 0.3) is 9.40 Å². The van der Waals surface area contributed by atoms with Crippen molar-refractivity contribution in [3.8, 4) is 0 Å². The molecular weight excluding hydrogens is 341 g/mol. The average molecular weight is 356 g/mol. The first-order valence-electron chi connectivity index (χ1n) is 6.84. The Kier molecular flexibility index (Phi) is 4.87. The first-order valence-corrected chi connectivity index (χ1v) is 9.29. The zero-order valence-electron chi connectivity index (χ0n) is 11.5. The van der Waals surface area contributed by atoms with Crippen molar-refractivity contribution < 1.29 is 0 Å². The van der Waals surface area contributed by atoms with Crippen molar-refractivity contribution in [2.75, 3.05) is 6.54 Å². The van der Waals surface area contributed by atoms with Crippen molar-refractivity contribution in [2.24, 2.45) is 0 Å². The molecule has 0 spiro atoms. The molecule has 1 unspecified atom stereocenters. The van der Waals surface area contributed by atoms with Crippen LogP contribution in [0, 0.1) is 0 Å². The maximum absolute atomic E-state index is 6.18. The summed E-state index contributed by atoms with van der Waals surface area (Å²) in [5.41, 5.74) is 1.16. The van der Waals surface area contributed by atoms with E-state index in [1.165, 1.54) is 14.3 Å². The first kappa shape index (κ1) is 15.3. The van der Waals surface area contributed by atoms with Gasteiger partial charge in [-0.3, -0.25) is 0 Å². The smallest absolute Gasteiger partial charge is 0.0672 e. The van der Waals surface area contributed by atoms with Gasteiger partial charge in [-0.05, 0) is 48.2 Å². The summed E-state index contributed by atoms with van der Waals surface area (Å²) in [4.78, 5) is 1.32. The molecule has 1 N–H and O–H groups in total. The third kappa shape index (κ3) is 3.27. The van der Waals surface area contributed by atoms with Gasteiger partial charge in [0.05, 0.1) is 16.1 Å². The largest absolute Gasteiger partial charge is 0.306 e. The van der Waals surface area contributed by atoms with Gasteiger partial charge >= 0.3 is 0 Å². The van der Waals surface area contributed by atoms with E-state index in [0.29, 0.717) is 10.0 Å². The second-order valence-corrected chi connectivity index (χ2v) is 7.74. The molecule has 5 heteroatoms. The zero-order valence-corrected chi connectivity index (χ0v) is 14.7. The number of hydrogen-bond acceptors (Lipinski definition) is 3. The molecule has 0 amide bonds. The van der Waals surface area contributed by atoms with E-state index in [4.69, 9.17) is 23.2 Å². The van der Waals surface area contributed by atoms with Gasteiger partial charge in [0, 0.05) is 14.3 Å². The number of benzene rings is 1. The van der Waals surface area contributed by atoms with Crippen molar-refractivity contribution in [3.05, 3.63) is 56.2 Å². The van der Waals surface area contributed by atoms with Crippen LogP contribution in [0.1, 0.15) is 29.8 Å². The molecule has 3 aromatic rings. The van der Waals surface area contributed by atoms with Crippen molar-refractivity contribution in [3.63, 3.8) is 0 Å². The summed E-state index contributed by atoms with van der Waals surface area (Å²) in [6.45, 7) is 3.14. The highest BCUT2D eigenvalue weighted by Crippen LogP contribution is 2.37. The van der Waals surface area contributed by atoms with Crippen molar-refractivity contribution in [2.45, 2.75) is 19.4 Å². The van der Waals surface area contributed by atoms with Crippen LogP contribution in [0.3, 0.4) is 0 Å². The molecule has 0 fully saturated rings. The number of thiophene rings is 2. The van der Waals surface area contributed by atoms with Crippen molar-refractivity contribution >= 4 is 55.3 Å². The molecule has 0 bridgehead atoms. The lowest BCUT2D eigenvalue weighted by Gasteiger charge is -2.18. The Labute approximate surface area is 142 Å². The Morgan fingerprint density at radius 3 is 2.67 bits per heavy atom. The molecular formula is C16H15Cl2NS2. The summed E-state index contributed by atoms with van der Waals surface area (Å²) in [7, 11) is 0. The van der Waals surface area contributed by atoms with Gasteiger partial charge in [0.25, 0.3) is 0 Å². The molecule has 0 saturated heterocycles. The number of fused-ring (bicyclic) bond motifs is 1. The second kappa shape index (κ2) is 6.67. The van der Waals surface area contributed by atoms with Crippen LogP contribution in [0.5, 0.6) is 0 Å². The summed E-state index contributed by atoms with van der Waals surface area (Å²) < 4.78 is 2.69. The molecule has 0 saturated carbocycles. The highest BCUT2D eigenvalue weighted by atomic mass is 35.5. The minimum Gasteiger partial charge on any atom is -0.306 e. The van der Waals surface area contributed by atoms with E-state index in [-0.39, 0.29) is 6.04 Å². The SMILES string of the molecule is CCCNC(c1ccc(Cl)c(Cl)c1)c1cc2sccc2s1. The summed E-state index contributed by atoms with van der Waals surface area (Å²) in [5.74, 6) is 0. The molecule has 1 aromatic carbocycles. The van der Waals surface area contributed by atoms with Crippen molar-refractivity contribution in [1.29, 1.82) is 0 Å². The lowest BCUT2D eigenvalue weighted by atomic mass is 10.1. The van der Waals surface area contributed by atoms with Crippen LogP contribution in [-0.4, -0.2) is 6.54 Å². The molecule has 1 atom stereocenters. The normalized spacial score (nSPS) is 12.9. The average Bonchev–Trinajstić information content (AvgIpc) is 3.04. The molecule has 1 nitrogen and oxygen atoms in total. The fourth-order valence-corrected chi connectivity index (χ4v) is 4.82. The zero-order chi connectivity index (χ0) is 14.8. The number of hydrogen-bond donors (Lipinski definition) is 1. The van der Waals surface area contributed by atoms with E-state index < -0.39 is 0 Å². The second-order valence-electron chi connectivity index (χ2n) is 4.86. The Bertz CT molecular complexity index is 719. The van der Waals surface area contributed by atoms with Gasteiger partial charge in [0.1, 0.15) is 0 Å². The maximum Gasteiger partial charge on any atom is 0.0672 e. The quantitative estimate of drug-likeness (QED) is 0.561. The van der Waals surface area contributed by atoms with Gasteiger partial charge in [-0.2, -0.15) is 0 Å². The molecule has 3 rings (SSSR count). The predicted octanol–water partition coefficient (Wildman–Crippen LogP) is 6.36. The van der Waals surface area contributed by atoms with Gasteiger partial charge in [0.2, 0.25) is 0 Å². The Balaban J connectivity index is 1.99. The third-order valence-corrected chi connectivity index (χ3v) is 6.22. The molecule has 2 heterocycles. The highest BCUT2D eigenvalue weighted by Gasteiger charge is 2.17. The van der Waals surface area contributed by atoms with Gasteiger partial charge in [-0.25, -0.2) is 0 Å². The Hall–Kier alpha value is -0.580. The maximum atomic E-state index is 6.18. The van der Waals surface area contributed by atoms with Gasteiger partial charge < -0.3 is 5.32 Å². The topological polar surface area (TPSA) is 12.0 Å². The predicted molar refractivity (Wildman–Crippen MR) is 96.3 cm³/mol. The number of halogens is 2. The molecule has 0 aliphatic carbocycles. The van der Waals surface area contributed by atoms with E-state index in [9.17, 15) is 0 Å². The number of nitrogens with one attached hydrogen (secondary N) is 1. The van der Waals surface area contributed by atoms with E-state index >= 15 is 0 Å². The molecule has 0 radical (unpaired) electrons. The van der Waals surface area contributed by atoms with Gasteiger partial charge in [-0.1, -0.05) is 36.2 Å². The van der Waals surface area contributed by atoms with Crippen LogP contribution >= 0.6 is 45.9 Å². The highest BCUT2D eigenvalue weighted by molar-refractivity contribution is 7.27. The fraction of sp³-hybridized carbons (Fsp3) is 0.250. The minimum absolute atomic E-state index is 0.171. The molecule has 2 aromatic heterocycles. The molecule has 0 aliphatic heterocycles. The van der Waals surface area contributed by atoms with E-state index in [0.717, 1.165) is 18.5 Å². The summed E-state index contributed by atoms with van der Waals surface area (Å²) in [6, 6.07) is 10.5. The first-order chi connectivity index (χ1) is 10.2. The fourth-order valence-electron chi connectivity index (χ4n) is 2.29. The summed E-state index contributed by atoms with van der Waals surface area (Å²) in [5, 5.41) is 6.96. The minimum atomic E-state index is 0.171. The van der Waals surface area contributed by atoms with E-state index in [1.54, 1.807) is 11.3 Å². The standard InChI is InChI=1S/C16H15Cl2NS2/c1-2-6-19-16(10-3-4-11(17)12(18)8-10)15-9-14-13(21-15)5-7-20-14/h3-5,7-9,16,19H,2,6H2,1H3. The molecule has 21 heavy (non-hydrogen) atoms. The monoisotopic (exact) mass is 355 g/mol. The van der Waals surface area contributed by atoms with Crippen LogP contribution in [0.15, 0.2) is 35.7 Å². The van der Waals surface area contributed by atoms with Crippen LogP contribution < -0.4 is 5.32 Å². The van der Waals surface area contributed by atoms with Gasteiger partial charge in [-0.15, -0.1) is 22.7 Å². The van der Waals surface area contributed by atoms with Crippen molar-refractivity contribution in [1.82, 2.24) is 5.32 Å². The Morgan fingerprint density at radius 2 is 1.95 bits per heavy atom. The lowest BCUT2D eigenvalue weighted by molar-refractivity contribution is 0.606. The lowest BCUT2D eigenvalue weighted by Crippen LogP contribution is -2.22. The van der Waals surface area contributed by atoms with E-state index in [2.05, 4.69) is 35.8 Å². The summed E-state index contributed by atoms with van der Waals surface area (Å²) in [6.07, 6.45) is 1.09. The number of rotatable bonds is 5. The van der Waals surface area contributed by atoms with E-state index in [1.807, 2.05) is 23.5 Å². The Morgan fingerprint density at radius 1 is 1.10 bits per heavy atom. The van der Waals surface area contributed by atoms with Crippen LogP contribution in [-0.2, 0) is 0 Å². The third-order valence-electron chi connectivity index (χ3n) is 3.32. The molecule has 110 valence electrons. The van der Waals surface area contributed by atoms with Crippen LogP contribution in [0.2, 0.25) is 10.0 Å². The van der Waals surface area contributed by atoms with Gasteiger partial charge in [0.15, 0.2) is 0 Å². The van der Waals surface area contributed by atoms with Crippen LogP contribution in [0.4, 0.5) is 0 Å².